The number of halogens is 1. The number of amides is 2. The van der Waals surface area contributed by atoms with Crippen LogP contribution >= 0.6 is 11.6 Å². The zero-order valence-corrected chi connectivity index (χ0v) is 20.1. The molecule has 0 aliphatic carbocycles. The highest BCUT2D eigenvalue weighted by Crippen LogP contribution is 2.32. The van der Waals surface area contributed by atoms with Gasteiger partial charge in [-0.15, -0.1) is 0 Å². The number of rotatable bonds is 9. The average Bonchev–Trinajstić information content (AvgIpc) is 2.81. The van der Waals surface area contributed by atoms with Gasteiger partial charge in [-0.1, -0.05) is 29.8 Å². The van der Waals surface area contributed by atoms with E-state index < -0.39 is 28.4 Å². The molecule has 34 heavy (non-hydrogen) atoms. The van der Waals surface area contributed by atoms with Gasteiger partial charge >= 0.3 is 0 Å². The number of ether oxygens (including phenoxy) is 1. The lowest BCUT2D eigenvalue weighted by molar-refractivity contribution is -0.114. The van der Waals surface area contributed by atoms with Crippen molar-refractivity contribution in [2.24, 2.45) is 0 Å². The fourth-order valence-electron chi connectivity index (χ4n) is 3.13. The Morgan fingerprint density at radius 1 is 1.12 bits per heavy atom. The molecule has 0 fully saturated rings. The summed E-state index contributed by atoms with van der Waals surface area (Å²) in [6.45, 7) is -0.299. The van der Waals surface area contributed by atoms with Crippen LogP contribution in [0.15, 0.2) is 67.0 Å². The first-order chi connectivity index (χ1) is 16.2. The fraction of sp³-hybridized carbons (Fsp3) is 0.174. The van der Waals surface area contributed by atoms with Crippen molar-refractivity contribution in [1.29, 1.82) is 0 Å². The van der Waals surface area contributed by atoms with Crippen LogP contribution in [0.2, 0.25) is 5.02 Å². The summed E-state index contributed by atoms with van der Waals surface area (Å²) < 4.78 is 31.1. The Hall–Kier alpha value is -3.63. The van der Waals surface area contributed by atoms with E-state index in [9.17, 15) is 18.0 Å². The molecule has 0 atom stereocenters. The lowest BCUT2D eigenvalue weighted by atomic mass is 10.1. The third-order valence-electron chi connectivity index (χ3n) is 4.72. The number of carbonyl (C=O) groups is 2. The van der Waals surface area contributed by atoms with E-state index in [-0.39, 0.29) is 34.3 Å². The molecular formula is C23H23ClN4O5S. The number of hydrogen-bond acceptors (Lipinski definition) is 6. The molecule has 0 bridgehead atoms. The Bertz CT molecular complexity index is 1290. The van der Waals surface area contributed by atoms with Crippen molar-refractivity contribution >= 4 is 44.8 Å². The molecular weight excluding hydrogens is 480 g/mol. The molecule has 1 heterocycles. The second kappa shape index (κ2) is 11.0. The molecule has 2 amide bonds. The topological polar surface area (TPSA) is 118 Å². The third-order valence-corrected chi connectivity index (χ3v) is 6.08. The van der Waals surface area contributed by atoms with Crippen LogP contribution in [0.25, 0.3) is 0 Å². The Morgan fingerprint density at radius 3 is 2.56 bits per heavy atom. The zero-order chi connectivity index (χ0) is 24.7. The van der Waals surface area contributed by atoms with Gasteiger partial charge in [0.25, 0.3) is 5.91 Å². The summed E-state index contributed by atoms with van der Waals surface area (Å²) in [6.07, 6.45) is 4.24. The van der Waals surface area contributed by atoms with Crippen molar-refractivity contribution in [3.8, 4) is 5.75 Å². The molecule has 0 saturated heterocycles. The number of benzene rings is 2. The van der Waals surface area contributed by atoms with Crippen LogP contribution in [-0.4, -0.2) is 45.1 Å². The van der Waals surface area contributed by atoms with Crippen molar-refractivity contribution in [3.05, 3.63) is 83.1 Å². The summed E-state index contributed by atoms with van der Waals surface area (Å²) in [5, 5.41) is 5.67. The minimum Gasteiger partial charge on any atom is -0.495 e. The van der Waals surface area contributed by atoms with Gasteiger partial charge in [-0.2, -0.15) is 0 Å². The van der Waals surface area contributed by atoms with E-state index in [1.54, 1.807) is 48.8 Å². The smallest absolute Gasteiger partial charge is 0.253 e. The van der Waals surface area contributed by atoms with Crippen LogP contribution in [0.1, 0.15) is 15.9 Å². The maximum Gasteiger partial charge on any atom is 0.253 e. The number of para-hydroxylation sites is 1. The van der Waals surface area contributed by atoms with Gasteiger partial charge in [-0.3, -0.25) is 18.9 Å². The number of nitrogens with one attached hydrogen (secondary N) is 2. The van der Waals surface area contributed by atoms with Crippen molar-refractivity contribution in [3.63, 3.8) is 0 Å². The monoisotopic (exact) mass is 502 g/mol. The number of nitrogens with zero attached hydrogens (tertiary/aromatic N) is 2. The molecule has 0 spiro atoms. The van der Waals surface area contributed by atoms with Crippen molar-refractivity contribution in [2.75, 3.05) is 29.5 Å². The van der Waals surface area contributed by atoms with Gasteiger partial charge < -0.3 is 15.4 Å². The van der Waals surface area contributed by atoms with E-state index >= 15 is 0 Å². The summed E-state index contributed by atoms with van der Waals surface area (Å²) in [5.41, 5.74) is 1.40. The maximum absolute atomic E-state index is 12.9. The fourth-order valence-corrected chi connectivity index (χ4v) is 4.15. The van der Waals surface area contributed by atoms with Gasteiger partial charge in [0.1, 0.15) is 12.3 Å². The zero-order valence-electron chi connectivity index (χ0n) is 18.5. The molecule has 0 aliphatic heterocycles. The standard InChI is InChI=1S/C23H23ClN4O5S/c1-33-21-10-9-17(24)12-20(21)28(34(2,31)32)15-22(29)27-19-8-4-3-7-18(19)23(30)26-14-16-6-5-11-25-13-16/h3-13H,14-15H2,1-2H3,(H,26,30)(H,27,29). The Balaban J connectivity index is 1.78. The predicted molar refractivity (Wildman–Crippen MR) is 131 cm³/mol. The van der Waals surface area contributed by atoms with Gasteiger partial charge in [-0.05, 0) is 42.0 Å². The molecule has 0 saturated carbocycles. The molecule has 9 nitrogen and oxygen atoms in total. The highest BCUT2D eigenvalue weighted by molar-refractivity contribution is 7.92. The predicted octanol–water partition coefficient (Wildman–Crippen LogP) is 3.08. The Labute approximate surface area is 202 Å². The van der Waals surface area contributed by atoms with Crippen molar-refractivity contribution in [2.45, 2.75) is 6.54 Å². The third kappa shape index (κ3) is 6.46. The second-order valence-electron chi connectivity index (χ2n) is 7.22. The van der Waals surface area contributed by atoms with Gasteiger partial charge in [0.05, 0.1) is 30.3 Å². The Morgan fingerprint density at radius 2 is 1.88 bits per heavy atom. The molecule has 2 aromatic carbocycles. The molecule has 178 valence electrons. The number of carbonyl (C=O) groups excluding carboxylic acids is 2. The lowest BCUT2D eigenvalue weighted by Crippen LogP contribution is -2.38. The van der Waals surface area contributed by atoms with Gasteiger partial charge in [-0.25, -0.2) is 8.42 Å². The van der Waals surface area contributed by atoms with E-state index in [4.69, 9.17) is 16.3 Å². The molecule has 0 aliphatic rings. The van der Waals surface area contributed by atoms with Gasteiger partial charge in [0.2, 0.25) is 15.9 Å². The van der Waals surface area contributed by atoms with Crippen LogP contribution < -0.4 is 19.7 Å². The summed E-state index contributed by atoms with van der Waals surface area (Å²) >= 11 is 6.04. The van der Waals surface area contributed by atoms with E-state index in [0.29, 0.717) is 0 Å². The number of anilines is 2. The largest absolute Gasteiger partial charge is 0.495 e. The SMILES string of the molecule is COc1ccc(Cl)cc1N(CC(=O)Nc1ccccc1C(=O)NCc1cccnc1)S(C)(=O)=O. The first-order valence-electron chi connectivity index (χ1n) is 10.1. The number of hydrogen-bond donors (Lipinski definition) is 2. The van der Waals surface area contributed by atoms with Crippen molar-refractivity contribution < 1.29 is 22.7 Å². The number of sulfonamides is 1. The quantitative estimate of drug-likeness (QED) is 0.464. The molecule has 0 unspecified atom stereocenters. The van der Waals surface area contributed by atoms with E-state index in [0.717, 1.165) is 16.1 Å². The first kappa shape index (κ1) is 25.0. The van der Waals surface area contributed by atoms with Crippen LogP contribution in [0.3, 0.4) is 0 Å². The van der Waals surface area contributed by atoms with E-state index in [1.807, 2.05) is 6.07 Å². The summed E-state index contributed by atoms with van der Waals surface area (Å²) in [7, 11) is -2.49. The van der Waals surface area contributed by atoms with E-state index in [1.165, 1.54) is 19.2 Å². The number of aromatic nitrogens is 1. The molecule has 2 N–H and O–H groups in total. The van der Waals surface area contributed by atoms with Gasteiger partial charge in [0.15, 0.2) is 0 Å². The highest BCUT2D eigenvalue weighted by Gasteiger charge is 2.25. The summed E-state index contributed by atoms with van der Waals surface area (Å²) in [6, 6.07) is 14.5. The molecule has 11 heteroatoms. The van der Waals surface area contributed by atoms with Crippen LogP contribution in [0.5, 0.6) is 5.75 Å². The minimum atomic E-state index is -3.87. The number of methoxy groups -OCH3 is 1. The summed E-state index contributed by atoms with van der Waals surface area (Å²) in [4.78, 5) is 29.6. The molecule has 3 aromatic rings. The minimum absolute atomic E-state index is 0.121. The maximum atomic E-state index is 12.9. The first-order valence-corrected chi connectivity index (χ1v) is 12.3. The summed E-state index contributed by atoms with van der Waals surface area (Å²) in [5.74, 6) is -0.825. The normalized spacial score (nSPS) is 10.9. The average molecular weight is 503 g/mol. The second-order valence-corrected chi connectivity index (χ2v) is 9.57. The van der Waals surface area contributed by atoms with Crippen LogP contribution in [0.4, 0.5) is 11.4 Å². The number of pyridine rings is 1. The molecule has 0 radical (unpaired) electrons. The Kier molecular flexibility index (Phi) is 8.08. The van der Waals surface area contributed by atoms with Crippen LogP contribution in [0, 0.1) is 0 Å². The van der Waals surface area contributed by atoms with Crippen LogP contribution in [-0.2, 0) is 21.4 Å². The molecule has 3 rings (SSSR count). The highest BCUT2D eigenvalue weighted by atomic mass is 35.5. The van der Waals surface area contributed by atoms with E-state index in [2.05, 4.69) is 15.6 Å². The van der Waals surface area contributed by atoms with Gasteiger partial charge in [0, 0.05) is 24.0 Å². The lowest BCUT2D eigenvalue weighted by Gasteiger charge is -2.24. The molecule has 1 aromatic heterocycles. The van der Waals surface area contributed by atoms with Crippen molar-refractivity contribution in [1.82, 2.24) is 10.3 Å².